The van der Waals surface area contributed by atoms with Crippen molar-refractivity contribution in [3.8, 4) is 5.75 Å². The van der Waals surface area contributed by atoms with Gasteiger partial charge in [-0.3, -0.25) is 4.79 Å². The molecule has 2 aromatic rings. The van der Waals surface area contributed by atoms with Crippen molar-refractivity contribution in [2.75, 3.05) is 0 Å². The minimum atomic E-state index is -0.541. The number of aromatic hydroxyl groups is 1. The van der Waals surface area contributed by atoms with Gasteiger partial charge in [0.05, 0.1) is 5.56 Å². The molecule has 0 aliphatic heterocycles. The van der Waals surface area contributed by atoms with Gasteiger partial charge in [0.15, 0.2) is 5.78 Å². The number of phenols is 1. The summed E-state index contributed by atoms with van der Waals surface area (Å²) in [6.45, 7) is 1.40. The number of phenolic OH excluding ortho intramolecular Hbond substituents is 1. The smallest absolute Gasteiger partial charge is 0.343 e. The van der Waals surface area contributed by atoms with E-state index in [2.05, 4.69) is 0 Å². The largest absolute Gasteiger partial charge is 0.508 e. The first-order valence-corrected chi connectivity index (χ1v) is 5.02. The first-order valence-electron chi connectivity index (χ1n) is 5.02. The lowest BCUT2D eigenvalue weighted by atomic mass is 10.1. The van der Waals surface area contributed by atoms with Crippen LogP contribution < -0.4 is 5.63 Å². The van der Waals surface area contributed by atoms with Crippen molar-refractivity contribution < 1.29 is 14.3 Å². The second-order valence-electron chi connectivity index (χ2n) is 3.66. The molecule has 1 aromatic carbocycles. The molecule has 0 aliphatic rings. The van der Waals surface area contributed by atoms with Crippen LogP contribution in [0.2, 0.25) is 0 Å². The highest BCUT2D eigenvalue weighted by Gasteiger charge is 2.03. The van der Waals surface area contributed by atoms with Gasteiger partial charge in [-0.15, -0.1) is 0 Å². The molecular weight excluding hydrogens is 220 g/mol. The number of benzene rings is 1. The highest BCUT2D eigenvalue weighted by atomic mass is 16.4. The predicted octanol–water partition coefficient (Wildman–Crippen LogP) is 2.10. The number of hydrogen-bond acceptors (Lipinski definition) is 4. The average molecular weight is 230 g/mol. The van der Waals surface area contributed by atoms with E-state index in [-0.39, 0.29) is 11.5 Å². The second kappa shape index (κ2) is 4.25. The molecule has 0 atom stereocenters. The van der Waals surface area contributed by atoms with Crippen LogP contribution in [0.3, 0.4) is 0 Å². The van der Waals surface area contributed by atoms with Crippen LogP contribution in [0.25, 0.3) is 17.0 Å². The topological polar surface area (TPSA) is 67.5 Å². The van der Waals surface area contributed by atoms with E-state index in [4.69, 9.17) is 4.42 Å². The van der Waals surface area contributed by atoms with Crippen LogP contribution >= 0.6 is 0 Å². The summed E-state index contributed by atoms with van der Waals surface area (Å²) in [4.78, 5) is 22.3. The SMILES string of the molecule is CC(=O)/C=C/c1cc2ccc(O)cc2oc1=O. The Labute approximate surface area is 96.8 Å². The molecule has 1 aromatic heterocycles. The molecule has 0 fully saturated rings. The number of hydrogen-bond donors (Lipinski definition) is 1. The number of allylic oxidation sites excluding steroid dienone is 1. The lowest BCUT2D eigenvalue weighted by Gasteiger charge is -1.98. The number of carbonyl (C=O) groups is 1. The Morgan fingerprint density at radius 3 is 2.82 bits per heavy atom. The van der Waals surface area contributed by atoms with Gasteiger partial charge in [0.25, 0.3) is 0 Å². The molecule has 86 valence electrons. The second-order valence-corrected chi connectivity index (χ2v) is 3.66. The van der Waals surface area contributed by atoms with Crippen LogP contribution in [0.5, 0.6) is 5.75 Å². The summed E-state index contributed by atoms with van der Waals surface area (Å²) in [6.07, 6.45) is 2.72. The molecule has 1 N–H and O–H groups in total. The summed E-state index contributed by atoms with van der Waals surface area (Å²) in [6, 6.07) is 6.12. The van der Waals surface area contributed by atoms with Crippen LogP contribution in [-0.4, -0.2) is 10.9 Å². The van der Waals surface area contributed by atoms with Crippen molar-refractivity contribution in [1.82, 2.24) is 0 Å². The summed E-state index contributed by atoms with van der Waals surface area (Å²) in [5.74, 6) is -0.108. The average Bonchev–Trinajstić information content (AvgIpc) is 2.26. The van der Waals surface area contributed by atoms with Crippen LogP contribution in [0, 0.1) is 0 Å². The minimum absolute atomic E-state index is 0.0349. The zero-order valence-electron chi connectivity index (χ0n) is 9.14. The maximum Gasteiger partial charge on any atom is 0.343 e. The molecule has 0 bridgehead atoms. The zero-order chi connectivity index (χ0) is 12.4. The fourth-order valence-corrected chi connectivity index (χ4v) is 1.44. The summed E-state index contributed by atoms with van der Waals surface area (Å²) in [7, 11) is 0. The first kappa shape index (κ1) is 11.1. The lowest BCUT2D eigenvalue weighted by molar-refractivity contribution is -0.112. The van der Waals surface area contributed by atoms with Gasteiger partial charge in [0.2, 0.25) is 0 Å². The van der Waals surface area contributed by atoms with Crippen molar-refractivity contribution in [3.63, 3.8) is 0 Å². The van der Waals surface area contributed by atoms with Gasteiger partial charge in [-0.05, 0) is 37.3 Å². The minimum Gasteiger partial charge on any atom is -0.508 e. The molecule has 17 heavy (non-hydrogen) atoms. The van der Waals surface area contributed by atoms with Crippen molar-refractivity contribution in [3.05, 3.63) is 46.3 Å². The Bertz CT molecular complexity index is 665. The molecule has 0 spiro atoms. The van der Waals surface area contributed by atoms with Crippen molar-refractivity contribution in [2.45, 2.75) is 6.92 Å². The van der Waals surface area contributed by atoms with Crippen LogP contribution in [0.4, 0.5) is 0 Å². The maximum atomic E-state index is 11.5. The standard InChI is InChI=1S/C13H10O4/c1-8(14)2-3-10-6-9-4-5-11(15)7-12(9)17-13(10)16/h2-7,15H,1H3/b3-2+. The fourth-order valence-electron chi connectivity index (χ4n) is 1.44. The Kier molecular flexibility index (Phi) is 2.78. The third-order valence-electron chi connectivity index (χ3n) is 2.24. The van der Waals surface area contributed by atoms with Gasteiger partial charge in [0, 0.05) is 11.5 Å². The van der Waals surface area contributed by atoms with Crippen LogP contribution in [0.1, 0.15) is 12.5 Å². The third kappa shape index (κ3) is 2.42. The van der Waals surface area contributed by atoms with Gasteiger partial charge in [-0.1, -0.05) is 0 Å². The number of fused-ring (bicyclic) bond motifs is 1. The highest BCUT2D eigenvalue weighted by molar-refractivity contribution is 5.92. The first-order chi connectivity index (χ1) is 8.06. The van der Waals surface area contributed by atoms with Crippen LogP contribution in [-0.2, 0) is 4.79 Å². The molecule has 0 amide bonds. The molecule has 0 radical (unpaired) electrons. The monoisotopic (exact) mass is 230 g/mol. The van der Waals surface area contributed by atoms with E-state index in [0.717, 1.165) is 0 Å². The van der Waals surface area contributed by atoms with E-state index in [1.807, 2.05) is 0 Å². The van der Waals surface area contributed by atoms with Crippen molar-refractivity contribution >= 4 is 22.8 Å². The van der Waals surface area contributed by atoms with E-state index in [0.29, 0.717) is 16.5 Å². The van der Waals surface area contributed by atoms with Gasteiger partial charge >= 0.3 is 5.63 Å². The Morgan fingerprint density at radius 1 is 1.35 bits per heavy atom. The summed E-state index contributed by atoms with van der Waals surface area (Å²) >= 11 is 0. The van der Waals surface area contributed by atoms with Gasteiger partial charge in [0.1, 0.15) is 11.3 Å². The zero-order valence-corrected chi connectivity index (χ0v) is 9.14. The Hall–Kier alpha value is -2.36. The van der Waals surface area contributed by atoms with E-state index in [1.165, 1.54) is 31.2 Å². The Morgan fingerprint density at radius 2 is 2.12 bits per heavy atom. The summed E-state index contributed by atoms with van der Waals surface area (Å²) in [5, 5.41) is 9.93. The fraction of sp³-hybridized carbons (Fsp3) is 0.0769. The normalized spacial score (nSPS) is 11.1. The van der Waals surface area contributed by atoms with Crippen molar-refractivity contribution in [1.29, 1.82) is 0 Å². The molecule has 2 rings (SSSR count). The highest BCUT2D eigenvalue weighted by Crippen LogP contribution is 2.19. The quantitative estimate of drug-likeness (QED) is 0.633. The van der Waals surface area contributed by atoms with E-state index in [1.54, 1.807) is 12.1 Å². The molecule has 0 saturated carbocycles. The molecule has 0 unspecified atom stereocenters. The Balaban J connectivity index is 2.60. The molecule has 0 aliphatic carbocycles. The van der Waals surface area contributed by atoms with Gasteiger partial charge < -0.3 is 9.52 Å². The van der Waals surface area contributed by atoms with E-state index < -0.39 is 5.63 Å². The van der Waals surface area contributed by atoms with Crippen molar-refractivity contribution in [2.24, 2.45) is 0 Å². The number of carbonyl (C=O) groups excluding carboxylic acids is 1. The summed E-state index contributed by atoms with van der Waals surface area (Å²) in [5.41, 5.74) is 0.0777. The maximum absolute atomic E-state index is 11.5. The third-order valence-corrected chi connectivity index (χ3v) is 2.24. The molecule has 4 nitrogen and oxygen atoms in total. The summed E-state index contributed by atoms with van der Waals surface area (Å²) < 4.78 is 5.03. The number of rotatable bonds is 2. The molecular formula is C13H10O4. The van der Waals surface area contributed by atoms with Gasteiger partial charge in [-0.2, -0.15) is 0 Å². The van der Waals surface area contributed by atoms with Crippen LogP contribution in [0.15, 0.2) is 39.6 Å². The van der Waals surface area contributed by atoms with E-state index >= 15 is 0 Å². The molecule has 4 heteroatoms. The number of ketones is 1. The lowest BCUT2D eigenvalue weighted by Crippen LogP contribution is -2.02. The molecule has 1 heterocycles. The van der Waals surface area contributed by atoms with Gasteiger partial charge in [-0.25, -0.2) is 4.79 Å². The molecule has 0 saturated heterocycles. The predicted molar refractivity (Wildman–Crippen MR) is 63.9 cm³/mol. The van der Waals surface area contributed by atoms with E-state index in [9.17, 15) is 14.7 Å².